The average molecular weight is 404 g/mol. The molecule has 0 aliphatic rings. The van der Waals surface area contributed by atoms with Gasteiger partial charge in [-0.2, -0.15) is 0 Å². The van der Waals surface area contributed by atoms with E-state index in [1.165, 1.54) is 42.5 Å². The van der Waals surface area contributed by atoms with Crippen LogP contribution < -0.4 is 10.6 Å². The lowest BCUT2D eigenvalue weighted by atomic mass is 10.1. The Balaban J connectivity index is 1.69. The summed E-state index contributed by atoms with van der Waals surface area (Å²) in [5.41, 5.74) is 0.957. The lowest BCUT2D eigenvalue weighted by Crippen LogP contribution is -2.16. The van der Waals surface area contributed by atoms with E-state index in [1.807, 2.05) is 0 Å². The third-order valence-corrected chi connectivity index (χ3v) is 4.17. The van der Waals surface area contributed by atoms with Gasteiger partial charge in [-0.3, -0.25) is 9.59 Å². The molecule has 0 aromatic heterocycles. The molecule has 2 amide bonds. The molecule has 3 aromatic carbocycles. The van der Waals surface area contributed by atoms with E-state index in [0.717, 1.165) is 0 Å². The van der Waals surface area contributed by atoms with Crippen LogP contribution in [-0.4, -0.2) is 34.0 Å². The van der Waals surface area contributed by atoms with E-state index in [2.05, 4.69) is 10.6 Å². The van der Waals surface area contributed by atoms with Crippen molar-refractivity contribution in [3.63, 3.8) is 0 Å². The molecule has 0 aliphatic carbocycles. The number of anilines is 2. The molecule has 0 radical (unpaired) electrons. The molecule has 150 valence electrons. The molecule has 8 nitrogen and oxygen atoms in total. The molecule has 0 saturated carbocycles. The van der Waals surface area contributed by atoms with Crippen LogP contribution in [0.15, 0.2) is 72.8 Å². The van der Waals surface area contributed by atoms with E-state index in [1.54, 1.807) is 30.3 Å². The molecular formula is C22H16N2O6. The molecule has 0 saturated heterocycles. The molecule has 0 spiro atoms. The number of carbonyl (C=O) groups is 4. The molecule has 3 rings (SSSR count). The van der Waals surface area contributed by atoms with Gasteiger partial charge in [-0.1, -0.05) is 18.2 Å². The maximum atomic E-state index is 12.4. The first-order chi connectivity index (χ1) is 14.3. The van der Waals surface area contributed by atoms with Crippen molar-refractivity contribution in [1.82, 2.24) is 0 Å². The fraction of sp³-hybridized carbons (Fsp3) is 0. The predicted octanol–water partition coefficient (Wildman–Crippen LogP) is 3.59. The van der Waals surface area contributed by atoms with Crippen molar-refractivity contribution >= 4 is 35.1 Å². The van der Waals surface area contributed by atoms with E-state index in [4.69, 9.17) is 5.11 Å². The second kappa shape index (κ2) is 8.70. The number of aromatic carboxylic acids is 2. The Bertz CT molecular complexity index is 1140. The number of amides is 2. The molecule has 0 bridgehead atoms. The molecule has 0 unspecified atom stereocenters. The minimum Gasteiger partial charge on any atom is -0.478 e. The summed E-state index contributed by atoms with van der Waals surface area (Å²) in [4.78, 5) is 47.0. The molecule has 0 aliphatic heterocycles. The summed E-state index contributed by atoms with van der Waals surface area (Å²) in [6.45, 7) is 0. The van der Waals surface area contributed by atoms with Crippen LogP contribution >= 0.6 is 0 Å². The Morgan fingerprint density at radius 1 is 0.567 bits per heavy atom. The third-order valence-electron chi connectivity index (χ3n) is 4.17. The number of nitrogens with one attached hydrogen (secondary N) is 2. The van der Waals surface area contributed by atoms with Crippen LogP contribution in [-0.2, 0) is 0 Å². The van der Waals surface area contributed by atoms with Gasteiger partial charge in [0.05, 0.1) is 16.7 Å². The van der Waals surface area contributed by atoms with Gasteiger partial charge in [0.2, 0.25) is 0 Å². The van der Waals surface area contributed by atoms with Crippen molar-refractivity contribution in [2.24, 2.45) is 0 Å². The molecule has 30 heavy (non-hydrogen) atoms. The van der Waals surface area contributed by atoms with Gasteiger partial charge in [0.15, 0.2) is 0 Å². The fourth-order valence-corrected chi connectivity index (χ4v) is 2.70. The zero-order chi connectivity index (χ0) is 21.7. The van der Waals surface area contributed by atoms with Crippen molar-refractivity contribution < 1.29 is 29.4 Å². The highest BCUT2D eigenvalue weighted by Gasteiger charge is 2.16. The van der Waals surface area contributed by atoms with Gasteiger partial charge in [-0.05, 0) is 54.6 Å². The first kappa shape index (κ1) is 20.3. The minimum atomic E-state index is -1.20. The van der Waals surface area contributed by atoms with Crippen LogP contribution in [0, 0.1) is 0 Å². The van der Waals surface area contributed by atoms with Gasteiger partial charge >= 0.3 is 11.9 Å². The predicted molar refractivity (Wildman–Crippen MR) is 109 cm³/mol. The Morgan fingerprint density at radius 2 is 1.10 bits per heavy atom. The van der Waals surface area contributed by atoms with Gasteiger partial charge in [-0.25, -0.2) is 9.59 Å². The molecule has 3 aromatic rings. The summed E-state index contributed by atoms with van der Waals surface area (Å²) in [6, 6.07) is 17.7. The molecular weight excluding hydrogens is 388 g/mol. The lowest BCUT2D eigenvalue weighted by Gasteiger charge is -2.09. The van der Waals surface area contributed by atoms with E-state index in [9.17, 15) is 24.3 Å². The second-order valence-electron chi connectivity index (χ2n) is 6.22. The lowest BCUT2D eigenvalue weighted by molar-refractivity contribution is 0.0684. The molecule has 8 heteroatoms. The Hall–Kier alpha value is -4.46. The topological polar surface area (TPSA) is 133 Å². The number of rotatable bonds is 6. The number of hydrogen-bond donors (Lipinski definition) is 4. The zero-order valence-corrected chi connectivity index (χ0v) is 15.5. The van der Waals surface area contributed by atoms with Crippen LogP contribution in [0.25, 0.3) is 0 Å². The van der Waals surface area contributed by atoms with Crippen LogP contribution in [0.4, 0.5) is 11.4 Å². The monoisotopic (exact) mass is 404 g/mol. The number of carboxylic acid groups (broad SMARTS) is 2. The van der Waals surface area contributed by atoms with Crippen LogP contribution in [0.5, 0.6) is 0 Å². The van der Waals surface area contributed by atoms with E-state index in [0.29, 0.717) is 11.4 Å². The van der Waals surface area contributed by atoms with Crippen molar-refractivity contribution in [1.29, 1.82) is 0 Å². The summed E-state index contributed by atoms with van der Waals surface area (Å²) in [5.74, 6) is -3.39. The summed E-state index contributed by atoms with van der Waals surface area (Å²) in [5, 5.41) is 23.4. The highest BCUT2D eigenvalue weighted by Crippen LogP contribution is 2.17. The van der Waals surface area contributed by atoms with Crippen molar-refractivity contribution in [2.75, 3.05) is 10.6 Å². The minimum absolute atomic E-state index is 0.00218. The SMILES string of the molecule is O=C(O)c1cccc(C(=O)Nc2ccc(NC(=O)c3ccccc3C(=O)O)cc2)c1. The molecule has 0 fully saturated rings. The molecule has 4 N–H and O–H groups in total. The molecule has 0 atom stereocenters. The molecule has 0 heterocycles. The van der Waals surface area contributed by atoms with Crippen LogP contribution in [0.2, 0.25) is 0 Å². The maximum absolute atomic E-state index is 12.4. The van der Waals surface area contributed by atoms with Crippen molar-refractivity contribution in [3.8, 4) is 0 Å². The maximum Gasteiger partial charge on any atom is 0.336 e. The first-order valence-corrected chi connectivity index (χ1v) is 8.73. The van der Waals surface area contributed by atoms with Crippen LogP contribution in [0.1, 0.15) is 41.4 Å². The third kappa shape index (κ3) is 4.68. The summed E-state index contributed by atoms with van der Waals surface area (Å²) < 4.78 is 0. The quantitative estimate of drug-likeness (QED) is 0.496. The number of carbonyl (C=O) groups excluding carboxylic acids is 2. The van der Waals surface area contributed by atoms with Gasteiger partial charge in [0.1, 0.15) is 0 Å². The van der Waals surface area contributed by atoms with Gasteiger partial charge in [-0.15, -0.1) is 0 Å². The average Bonchev–Trinajstić information content (AvgIpc) is 2.75. The zero-order valence-electron chi connectivity index (χ0n) is 15.5. The van der Waals surface area contributed by atoms with Crippen LogP contribution in [0.3, 0.4) is 0 Å². The van der Waals surface area contributed by atoms with Crippen molar-refractivity contribution in [3.05, 3.63) is 95.1 Å². The smallest absolute Gasteiger partial charge is 0.336 e. The summed E-state index contributed by atoms with van der Waals surface area (Å²) >= 11 is 0. The summed E-state index contributed by atoms with van der Waals surface area (Å²) in [6.07, 6.45) is 0. The highest BCUT2D eigenvalue weighted by molar-refractivity contribution is 6.11. The van der Waals surface area contributed by atoms with E-state index >= 15 is 0 Å². The first-order valence-electron chi connectivity index (χ1n) is 8.73. The number of hydrogen-bond acceptors (Lipinski definition) is 4. The number of benzene rings is 3. The highest BCUT2D eigenvalue weighted by atomic mass is 16.4. The second-order valence-corrected chi connectivity index (χ2v) is 6.22. The largest absolute Gasteiger partial charge is 0.478 e. The van der Waals surface area contributed by atoms with Gasteiger partial charge in [0.25, 0.3) is 11.8 Å². The Labute approximate surface area is 170 Å². The normalized spacial score (nSPS) is 10.1. The fourth-order valence-electron chi connectivity index (χ4n) is 2.70. The summed E-state index contributed by atoms with van der Waals surface area (Å²) in [7, 11) is 0. The van der Waals surface area contributed by atoms with E-state index < -0.39 is 23.8 Å². The Morgan fingerprint density at radius 3 is 1.67 bits per heavy atom. The van der Waals surface area contributed by atoms with Crippen molar-refractivity contribution in [2.45, 2.75) is 0 Å². The van der Waals surface area contributed by atoms with Gasteiger partial charge < -0.3 is 20.8 Å². The Kier molecular flexibility index (Phi) is 5.88. The standard InChI is InChI=1S/C22H16N2O6/c25-19(13-4-3-5-14(12-13)21(27)28)23-15-8-10-16(11-9-15)24-20(26)17-6-1-2-7-18(17)22(29)30/h1-12H,(H,23,25)(H,24,26)(H,27,28)(H,29,30). The van der Waals surface area contributed by atoms with Gasteiger partial charge in [0, 0.05) is 16.9 Å². The number of carboxylic acids is 2. The van der Waals surface area contributed by atoms with E-state index in [-0.39, 0.29) is 22.3 Å².